The second-order valence-corrected chi connectivity index (χ2v) is 6.75. The summed E-state index contributed by atoms with van der Waals surface area (Å²) in [6.07, 6.45) is 3.23. The minimum Gasteiger partial charge on any atom is -0.494 e. The van der Waals surface area contributed by atoms with Crippen molar-refractivity contribution in [2.45, 2.75) is 19.3 Å². The number of esters is 1. The zero-order chi connectivity index (χ0) is 18.7. The smallest absolute Gasteiger partial charge is 0.338 e. The van der Waals surface area contributed by atoms with Crippen LogP contribution in [0.2, 0.25) is 10.0 Å². The number of hydrogen-bond donors (Lipinski definition) is 1. The van der Waals surface area contributed by atoms with E-state index in [1.165, 1.54) is 30.4 Å². The molecule has 0 heterocycles. The zero-order valence-corrected chi connectivity index (χ0v) is 15.6. The third-order valence-corrected chi connectivity index (χ3v) is 4.72. The van der Waals surface area contributed by atoms with Gasteiger partial charge in [-0.15, -0.1) is 0 Å². The van der Waals surface area contributed by atoms with Gasteiger partial charge in [-0.3, -0.25) is 4.79 Å². The van der Waals surface area contributed by atoms with E-state index in [1.54, 1.807) is 0 Å². The van der Waals surface area contributed by atoms with Gasteiger partial charge in [0.25, 0.3) is 5.91 Å². The number of benzene rings is 2. The molecule has 1 aliphatic carbocycles. The summed E-state index contributed by atoms with van der Waals surface area (Å²) in [5.41, 5.74) is 3.42. The summed E-state index contributed by atoms with van der Waals surface area (Å²) in [7, 11) is 1.42. The van der Waals surface area contributed by atoms with Gasteiger partial charge in [-0.05, 0) is 54.7 Å². The van der Waals surface area contributed by atoms with Crippen LogP contribution in [0.4, 0.5) is 5.69 Å². The van der Waals surface area contributed by atoms with Crippen molar-refractivity contribution in [3.8, 4) is 5.75 Å². The highest BCUT2D eigenvalue weighted by molar-refractivity contribution is 6.37. The Balaban J connectivity index is 1.58. The van der Waals surface area contributed by atoms with Crippen LogP contribution in [-0.2, 0) is 22.4 Å². The van der Waals surface area contributed by atoms with E-state index in [4.69, 9.17) is 32.7 Å². The van der Waals surface area contributed by atoms with E-state index in [0.29, 0.717) is 5.69 Å². The Bertz CT molecular complexity index is 844. The van der Waals surface area contributed by atoms with Crippen LogP contribution in [0.5, 0.6) is 5.75 Å². The highest BCUT2D eigenvalue weighted by Gasteiger charge is 2.16. The van der Waals surface area contributed by atoms with Crippen molar-refractivity contribution >= 4 is 40.8 Å². The normalized spacial score (nSPS) is 12.4. The molecule has 1 amide bonds. The molecule has 2 aromatic carbocycles. The summed E-state index contributed by atoms with van der Waals surface area (Å²) >= 11 is 12.0. The second-order valence-electron chi connectivity index (χ2n) is 5.93. The SMILES string of the molecule is COc1c(Cl)cc(C(=O)OCC(=O)Nc2ccc3c(c2)CCC3)cc1Cl. The Kier molecular flexibility index (Phi) is 5.69. The fourth-order valence-electron chi connectivity index (χ4n) is 2.93. The van der Waals surface area contributed by atoms with Crippen LogP contribution in [0, 0.1) is 0 Å². The largest absolute Gasteiger partial charge is 0.494 e. The Morgan fingerprint density at radius 3 is 2.46 bits per heavy atom. The van der Waals surface area contributed by atoms with E-state index in [2.05, 4.69) is 5.32 Å². The number of ether oxygens (including phenoxy) is 2. The van der Waals surface area contributed by atoms with Gasteiger partial charge in [0.1, 0.15) is 0 Å². The van der Waals surface area contributed by atoms with Crippen molar-refractivity contribution in [3.63, 3.8) is 0 Å². The van der Waals surface area contributed by atoms with Crippen molar-refractivity contribution < 1.29 is 19.1 Å². The fourth-order valence-corrected chi connectivity index (χ4v) is 3.58. The molecule has 0 spiro atoms. The first-order chi connectivity index (χ1) is 12.5. The molecule has 0 bridgehead atoms. The van der Waals surface area contributed by atoms with Crippen LogP contribution in [-0.4, -0.2) is 25.6 Å². The molecule has 2 aromatic rings. The number of fused-ring (bicyclic) bond motifs is 1. The number of hydrogen-bond acceptors (Lipinski definition) is 4. The molecule has 0 aromatic heterocycles. The first kappa shape index (κ1) is 18.5. The second kappa shape index (κ2) is 7.98. The van der Waals surface area contributed by atoms with Crippen LogP contribution in [0.3, 0.4) is 0 Å². The van der Waals surface area contributed by atoms with Crippen molar-refractivity contribution in [2.75, 3.05) is 19.0 Å². The number of halogens is 2. The predicted octanol–water partition coefficient (Wildman–Crippen LogP) is 4.29. The van der Waals surface area contributed by atoms with Crippen molar-refractivity contribution in [1.29, 1.82) is 0 Å². The summed E-state index contributed by atoms with van der Waals surface area (Å²) in [6.45, 7) is -0.406. The van der Waals surface area contributed by atoms with Crippen LogP contribution in [0.1, 0.15) is 27.9 Å². The number of nitrogens with one attached hydrogen (secondary N) is 1. The van der Waals surface area contributed by atoms with Gasteiger partial charge < -0.3 is 14.8 Å². The van der Waals surface area contributed by atoms with Crippen molar-refractivity contribution in [2.24, 2.45) is 0 Å². The number of aryl methyl sites for hydroxylation is 2. The standard InChI is InChI=1S/C19H17Cl2NO4/c1-25-18-15(20)8-13(9-16(18)21)19(24)26-10-17(23)22-14-6-5-11-3-2-4-12(11)7-14/h5-9H,2-4,10H2,1H3,(H,22,23). The van der Waals surface area contributed by atoms with Gasteiger partial charge in [-0.1, -0.05) is 29.3 Å². The maximum Gasteiger partial charge on any atom is 0.338 e. The van der Waals surface area contributed by atoms with Crippen LogP contribution < -0.4 is 10.1 Å². The van der Waals surface area contributed by atoms with Crippen LogP contribution in [0.15, 0.2) is 30.3 Å². The summed E-state index contributed by atoms with van der Waals surface area (Å²) in [4.78, 5) is 24.1. The van der Waals surface area contributed by atoms with Gasteiger partial charge in [-0.2, -0.15) is 0 Å². The number of methoxy groups -OCH3 is 1. The highest BCUT2D eigenvalue weighted by Crippen LogP contribution is 2.34. The molecule has 7 heteroatoms. The van der Waals surface area contributed by atoms with E-state index in [9.17, 15) is 9.59 Å². The van der Waals surface area contributed by atoms with Gasteiger partial charge in [0.2, 0.25) is 0 Å². The topological polar surface area (TPSA) is 64.6 Å². The number of carbonyl (C=O) groups is 2. The number of amides is 1. The summed E-state index contributed by atoms with van der Waals surface area (Å²) in [5.74, 6) is -0.832. The third kappa shape index (κ3) is 4.11. The van der Waals surface area contributed by atoms with Gasteiger partial charge >= 0.3 is 5.97 Å². The van der Waals surface area contributed by atoms with E-state index in [0.717, 1.165) is 19.3 Å². The molecule has 3 rings (SSSR count). The number of carbonyl (C=O) groups excluding carboxylic acids is 2. The van der Waals surface area contributed by atoms with E-state index >= 15 is 0 Å². The average Bonchev–Trinajstić information content (AvgIpc) is 3.07. The Morgan fingerprint density at radius 1 is 1.08 bits per heavy atom. The van der Waals surface area contributed by atoms with E-state index < -0.39 is 18.5 Å². The Labute approximate surface area is 161 Å². The average molecular weight is 394 g/mol. The molecule has 0 aliphatic heterocycles. The molecule has 26 heavy (non-hydrogen) atoms. The first-order valence-electron chi connectivity index (χ1n) is 8.09. The van der Waals surface area contributed by atoms with Gasteiger partial charge in [0.05, 0.1) is 22.7 Å². The van der Waals surface area contributed by atoms with Crippen LogP contribution >= 0.6 is 23.2 Å². The molecule has 136 valence electrons. The minimum absolute atomic E-state index is 0.145. The number of anilines is 1. The summed E-state index contributed by atoms with van der Waals surface area (Å²) < 4.78 is 10.1. The van der Waals surface area contributed by atoms with Gasteiger partial charge in [-0.25, -0.2) is 4.79 Å². The molecule has 1 N–H and O–H groups in total. The molecule has 1 aliphatic rings. The molecule has 0 saturated heterocycles. The molecule has 0 unspecified atom stereocenters. The molecule has 0 atom stereocenters. The van der Waals surface area contributed by atoms with E-state index in [1.807, 2.05) is 18.2 Å². The van der Waals surface area contributed by atoms with Crippen molar-refractivity contribution in [3.05, 3.63) is 57.1 Å². The van der Waals surface area contributed by atoms with Crippen LogP contribution in [0.25, 0.3) is 0 Å². The van der Waals surface area contributed by atoms with Gasteiger partial charge in [0, 0.05) is 5.69 Å². The predicted molar refractivity (Wildman–Crippen MR) is 100 cm³/mol. The molecule has 0 saturated carbocycles. The molecule has 0 fully saturated rings. The Morgan fingerprint density at radius 2 is 1.77 bits per heavy atom. The maximum absolute atomic E-state index is 12.1. The lowest BCUT2D eigenvalue weighted by atomic mass is 10.1. The number of rotatable bonds is 5. The lowest BCUT2D eigenvalue weighted by Gasteiger charge is -2.10. The third-order valence-electron chi connectivity index (χ3n) is 4.15. The Hall–Kier alpha value is -2.24. The van der Waals surface area contributed by atoms with Crippen molar-refractivity contribution in [1.82, 2.24) is 0 Å². The zero-order valence-electron chi connectivity index (χ0n) is 14.1. The minimum atomic E-state index is -0.694. The summed E-state index contributed by atoms with van der Waals surface area (Å²) in [5, 5.41) is 3.11. The van der Waals surface area contributed by atoms with Gasteiger partial charge in [0.15, 0.2) is 12.4 Å². The van der Waals surface area contributed by atoms with E-state index in [-0.39, 0.29) is 21.4 Å². The maximum atomic E-state index is 12.1. The highest BCUT2D eigenvalue weighted by atomic mass is 35.5. The monoisotopic (exact) mass is 393 g/mol. The molecule has 5 nitrogen and oxygen atoms in total. The quantitative estimate of drug-likeness (QED) is 0.769. The lowest BCUT2D eigenvalue weighted by Crippen LogP contribution is -2.21. The fraction of sp³-hybridized carbons (Fsp3) is 0.263. The summed E-state index contributed by atoms with van der Waals surface area (Å²) in [6, 6.07) is 8.60. The molecular weight excluding hydrogens is 377 g/mol. The lowest BCUT2D eigenvalue weighted by molar-refractivity contribution is -0.119. The molecular formula is C19H17Cl2NO4. The molecule has 0 radical (unpaired) electrons. The first-order valence-corrected chi connectivity index (χ1v) is 8.85.